The second kappa shape index (κ2) is 6.97. The minimum atomic E-state index is -0.423. The van der Waals surface area contributed by atoms with Crippen molar-refractivity contribution in [2.24, 2.45) is 5.73 Å². The van der Waals surface area contributed by atoms with Crippen molar-refractivity contribution in [3.05, 3.63) is 42.3 Å². The van der Waals surface area contributed by atoms with Crippen LogP contribution >= 0.6 is 0 Å². The molecule has 0 aliphatic heterocycles. The number of nitrogens with one attached hydrogen (secondary N) is 3. The molecule has 0 bridgehead atoms. The van der Waals surface area contributed by atoms with Gasteiger partial charge in [-0.15, -0.1) is 0 Å². The van der Waals surface area contributed by atoms with Crippen LogP contribution < -0.4 is 21.7 Å². The first kappa shape index (κ1) is 15.8. The first-order valence-electron chi connectivity index (χ1n) is 7.49. The molecule has 8 nitrogen and oxygen atoms in total. The maximum atomic E-state index is 12.1. The highest BCUT2D eigenvalue weighted by Crippen LogP contribution is 2.20. The number of anilines is 3. The van der Waals surface area contributed by atoms with E-state index in [2.05, 4.69) is 25.9 Å². The van der Waals surface area contributed by atoms with E-state index < -0.39 is 6.03 Å². The van der Waals surface area contributed by atoms with Crippen LogP contribution in [0.2, 0.25) is 0 Å². The number of aryl methyl sites for hydroxylation is 1. The van der Waals surface area contributed by atoms with Gasteiger partial charge in [-0.3, -0.25) is 5.32 Å². The van der Waals surface area contributed by atoms with Crippen LogP contribution in [0.1, 0.15) is 5.69 Å². The number of hydrogen-bond donors (Lipinski definition) is 4. The maximum Gasteiger partial charge on any atom is 0.326 e. The minimum absolute atomic E-state index is 0.219. The Morgan fingerprint density at radius 3 is 2.92 bits per heavy atom. The van der Waals surface area contributed by atoms with Crippen LogP contribution in [0.5, 0.6) is 0 Å². The molecule has 0 aliphatic carbocycles. The summed E-state index contributed by atoms with van der Waals surface area (Å²) in [4.78, 5) is 20.6. The summed E-state index contributed by atoms with van der Waals surface area (Å²) in [5.41, 5.74) is 7.61. The third-order valence-electron chi connectivity index (χ3n) is 3.24. The van der Waals surface area contributed by atoms with Crippen LogP contribution in [0, 0.1) is 6.92 Å². The molecule has 0 radical (unpaired) electrons. The van der Waals surface area contributed by atoms with E-state index in [1.54, 1.807) is 24.5 Å². The lowest BCUT2D eigenvalue weighted by Gasteiger charge is -2.09. The third kappa shape index (κ3) is 3.79. The number of fused-ring (bicyclic) bond motifs is 1. The van der Waals surface area contributed by atoms with Crippen molar-refractivity contribution in [2.45, 2.75) is 6.92 Å². The average molecular weight is 326 g/mol. The number of hydrogen-bond acceptors (Lipinski definition) is 6. The lowest BCUT2D eigenvalue weighted by Crippen LogP contribution is -2.21. The van der Waals surface area contributed by atoms with Gasteiger partial charge < -0.3 is 20.8 Å². The second-order valence-corrected chi connectivity index (χ2v) is 5.19. The molecule has 0 saturated heterocycles. The van der Waals surface area contributed by atoms with Gasteiger partial charge in [0.15, 0.2) is 0 Å². The molecule has 0 spiro atoms. The largest absolute Gasteiger partial charge is 0.464 e. The van der Waals surface area contributed by atoms with Gasteiger partial charge in [0.2, 0.25) is 5.95 Å². The molecule has 2 amide bonds. The van der Waals surface area contributed by atoms with E-state index in [0.717, 1.165) is 16.7 Å². The Hall–Kier alpha value is -3.13. The van der Waals surface area contributed by atoms with E-state index in [-0.39, 0.29) is 5.95 Å². The van der Waals surface area contributed by atoms with E-state index >= 15 is 0 Å². The molecule has 5 N–H and O–H groups in total. The zero-order chi connectivity index (χ0) is 16.9. The van der Waals surface area contributed by atoms with Gasteiger partial charge in [0, 0.05) is 35.9 Å². The van der Waals surface area contributed by atoms with Gasteiger partial charge in [-0.2, -0.15) is 4.98 Å². The van der Waals surface area contributed by atoms with Gasteiger partial charge in [0.1, 0.15) is 11.4 Å². The molecule has 3 aromatic rings. The molecule has 1 aromatic carbocycles. The van der Waals surface area contributed by atoms with Gasteiger partial charge in [-0.25, -0.2) is 9.78 Å². The molecular formula is C16H18N6O2. The van der Waals surface area contributed by atoms with E-state index in [1.165, 1.54) is 0 Å². The molecule has 0 saturated carbocycles. The van der Waals surface area contributed by atoms with Crippen LogP contribution in [0.15, 0.2) is 41.0 Å². The summed E-state index contributed by atoms with van der Waals surface area (Å²) >= 11 is 0. The predicted molar refractivity (Wildman–Crippen MR) is 93.2 cm³/mol. The zero-order valence-electron chi connectivity index (χ0n) is 13.2. The van der Waals surface area contributed by atoms with Crippen molar-refractivity contribution in [2.75, 3.05) is 29.0 Å². The van der Waals surface area contributed by atoms with E-state index in [1.807, 2.05) is 19.1 Å². The Labute approximate surface area is 138 Å². The lowest BCUT2D eigenvalue weighted by molar-refractivity contribution is 0.262. The Kier molecular flexibility index (Phi) is 4.57. The average Bonchev–Trinajstić information content (AvgIpc) is 3.00. The molecule has 0 atom stereocenters. The van der Waals surface area contributed by atoms with Crippen molar-refractivity contribution in [1.82, 2.24) is 9.97 Å². The van der Waals surface area contributed by atoms with Crippen LogP contribution in [0.25, 0.3) is 11.0 Å². The summed E-state index contributed by atoms with van der Waals surface area (Å²) in [5.74, 6) is 0.833. The number of amides is 2. The Morgan fingerprint density at radius 2 is 2.08 bits per heavy atom. The molecule has 8 heteroatoms. The third-order valence-corrected chi connectivity index (χ3v) is 3.24. The van der Waals surface area contributed by atoms with Crippen LogP contribution in [0.4, 0.5) is 22.2 Å². The molecule has 3 rings (SSSR count). The van der Waals surface area contributed by atoms with Crippen molar-refractivity contribution in [1.29, 1.82) is 0 Å². The smallest absolute Gasteiger partial charge is 0.326 e. The lowest BCUT2D eigenvalue weighted by atomic mass is 10.2. The highest BCUT2D eigenvalue weighted by Gasteiger charge is 2.08. The fourth-order valence-electron chi connectivity index (χ4n) is 2.22. The van der Waals surface area contributed by atoms with Gasteiger partial charge in [-0.05, 0) is 31.2 Å². The number of aromatic nitrogens is 2. The molecule has 0 unspecified atom stereocenters. The summed E-state index contributed by atoms with van der Waals surface area (Å²) < 4.78 is 5.27. The standard InChI is InChI=1S/C16H18N6O2/c1-10-8-14(18-6-5-17)21-15(19-10)22-16(23)20-12-2-3-13-11(9-12)4-7-24-13/h2-4,7-9H,5-6,17H2,1H3,(H3,18,19,20,21,22,23). The molecule has 0 fully saturated rings. The predicted octanol–water partition coefficient (Wildman–Crippen LogP) is 2.55. The van der Waals surface area contributed by atoms with Crippen LogP contribution in [0.3, 0.4) is 0 Å². The number of furan rings is 1. The van der Waals surface area contributed by atoms with Crippen LogP contribution in [-0.2, 0) is 0 Å². The molecule has 124 valence electrons. The number of urea groups is 1. The first-order valence-corrected chi connectivity index (χ1v) is 7.49. The Bertz CT molecular complexity index is 861. The monoisotopic (exact) mass is 326 g/mol. The molecule has 24 heavy (non-hydrogen) atoms. The highest BCUT2D eigenvalue weighted by molar-refractivity contribution is 5.99. The summed E-state index contributed by atoms with van der Waals surface area (Å²) in [5, 5.41) is 9.33. The topological polar surface area (TPSA) is 118 Å². The van der Waals surface area contributed by atoms with Crippen molar-refractivity contribution in [3.8, 4) is 0 Å². The van der Waals surface area contributed by atoms with Crippen molar-refractivity contribution < 1.29 is 9.21 Å². The number of carbonyl (C=O) groups is 1. The fraction of sp³-hybridized carbons (Fsp3) is 0.188. The van der Waals surface area contributed by atoms with E-state index in [0.29, 0.717) is 24.6 Å². The summed E-state index contributed by atoms with van der Waals surface area (Å²) in [7, 11) is 0. The molecule has 2 heterocycles. The van der Waals surface area contributed by atoms with Gasteiger partial charge in [0.05, 0.1) is 6.26 Å². The van der Waals surface area contributed by atoms with Gasteiger partial charge in [-0.1, -0.05) is 0 Å². The quantitative estimate of drug-likeness (QED) is 0.572. The number of carbonyl (C=O) groups excluding carboxylic acids is 1. The first-order chi connectivity index (χ1) is 11.6. The maximum absolute atomic E-state index is 12.1. The number of nitrogens with two attached hydrogens (primary N) is 1. The molecule has 0 aliphatic rings. The SMILES string of the molecule is Cc1cc(NCCN)nc(NC(=O)Nc2ccc3occc3c2)n1. The Balaban J connectivity index is 1.68. The highest BCUT2D eigenvalue weighted by atomic mass is 16.3. The summed E-state index contributed by atoms with van der Waals surface area (Å²) in [6, 6.07) is 8.57. The Morgan fingerprint density at radius 1 is 1.21 bits per heavy atom. The molecular weight excluding hydrogens is 308 g/mol. The number of nitrogens with zero attached hydrogens (tertiary/aromatic N) is 2. The number of rotatable bonds is 5. The zero-order valence-corrected chi connectivity index (χ0v) is 13.2. The number of benzene rings is 1. The van der Waals surface area contributed by atoms with Crippen LogP contribution in [-0.4, -0.2) is 29.1 Å². The van der Waals surface area contributed by atoms with Crippen molar-refractivity contribution in [3.63, 3.8) is 0 Å². The summed E-state index contributed by atoms with van der Waals surface area (Å²) in [6.45, 7) is 2.90. The van der Waals surface area contributed by atoms with Crippen molar-refractivity contribution >= 4 is 34.5 Å². The molecule has 2 aromatic heterocycles. The second-order valence-electron chi connectivity index (χ2n) is 5.19. The van der Waals surface area contributed by atoms with E-state index in [9.17, 15) is 4.79 Å². The van der Waals surface area contributed by atoms with Gasteiger partial charge >= 0.3 is 6.03 Å². The minimum Gasteiger partial charge on any atom is -0.464 e. The van der Waals surface area contributed by atoms with Gasteiger partial charge in [0.25, 0.3) is 0 Å². The fourth-order valence-corrected chi connectivity index (χ4v) is 2.22. The van der Waals surface area contributed by atoms with E-state index in [4.69, 9.17) is 10.2 Å². The summed E-state index contributed by atoms with van der Waals surface area (Å²) in [6.07, 6.45) is 1.60. The normalized spacial score (nSPS) is 10.6.